The molecule has 0 bridgehead atoms. The van der Waals surface area contributed by atoms with Crippen molar-refractivity contribution in [3.05, 3.63) is 66.2 Å². The molecule has 1 heterocycles. The molecule has 1 amide bonds. The van der Waals surface area contributed by atoms with Gasteiger partial charge in [-0.1, -0.05) is 48.5 Å². The highest BCUT2D eigenvalue weighted by Crippen LogP contribution is 2.24. The SMILES string of the molecule is C[C@H](NS(=O)(=O)c1ccccc1)C(=O)NCC(c1ccccc1)N1CCCC1. The summed E-state index contributed by atoms with van der Waals surface area (Å²) in [5.41, 5.74) is 1.15. The van der Waals surface area contributed by atoms with Gasteiger partial charge in [0.1, 0.15) is 0 Å². The van der Waals surface area contributed by atoms with Crippen molar-refractivity contribution in [1.82, 2.24) is 14.9 Å². The maximum Gasteiger partial charge on any atom is 0.241 e. The maximum absolute atomic E-state index is 12.5. The maximum atomic E-state index is 12.5. The smallest absolute Gasteiger partial charge is 0.241 e. The Morgan fingerprint density at radius 2 is 1.57 bits per heavy atom. The van der Waals surface area contributed by atoms with Gasteiger partial charge in [-0.3, -0.25) is 9.69 Å². The molecule has 28 heavy (non-hydrogen) atoms. The van der Waals surface area contributed by atoms with Crippen LogP contribution in [0.1, 0.15) is 31.4 Å². The van der Waals surface area contributed by atoms with Gasteiger partial charge in [0.15, 0.2) is 0 Å². The molecule has 2 aromatic carbocycles. The van der Waals surface area contributed by atoms with Crippen molar-refractivity contribution in [2.45, 2.75) is 36.7 Å². The van der Waals surface area contributed by atoms with Crippen LogP contribution in [0, 0.1) is 0 Å². The van der Waals surface area contributed by atoms with Crippen LogP contribution >= 0.6 is 0 Å². The summed E-state index contributed by atoms with van der Waals surface area (Å²) in [4.78, 5) is 15.1. The van der Waals surface area contributed by atoms with E-state index in [0.717, 1.165) is 31.5 Å². The van der Waals surface area contributed by atoms with Crippen LogP contribution < -0.4 is 10.0 Å². The molecule has 2 atom stereocenters. The van der Waals surface area contributed by atoms with E-state index >= 15 is 0 Å². The third-order valence-electron chi connectivity index (χ3n) is 5.01. The molecule has 2 aromatic rings. The molecule has 1 aliphatic heterocycles. The number of amides is 1. The van der Waals surface area contributed by atoms with E-state index in [1.165, 1.54) is 12.1 Å². The predicted molar refractivity (Wildman–Crippen MR) is 109 cm³/mol. The fourth-order valence-corrected chi connectivity index (χ4v) is 4.71. The second-order valence-electron chi connectivity index (χ2n) is 7.07. The zero-order chi connectivity index (χ0) is 20.0. The standard InChI is InChI=1S/C21H27N3O3S/c1-17(23-28(26,27)19-12-6-3-7-13-19)21(25)22-16-20(24-14-8-9-15-24)18-10-4-2-5-11-18/h2-7,10-13,17,20,23H,8-9,14-16H2,1H3,(H,22,25)/t17-,20?/m0/s1. The van der Waals surface area contributed by atoms with Gasteiger partial charge in [0.05, 0.1) is 17.0 Å². The summed E-state index contributed by atoms with van der Waals surface area (Å²) >= 11 is 0. The minimum atomic E-state index is -3.73. The molecule has 0 spiro atoms. The monoisotopic (exact) mass is 401 g/mol. The Morgan fingerprint density at radius 1 is 1.00 bits per heavy atom. The number of hydrogen-bond donors (Lipinski definition) is 2. The molecule has 1 saturated heterocycles. The molecule has 0 aliphatic carbocycles. The lowest BCUT2D eigenvalue weighted by atomic mass is 10.1. The molecule has 0 saturated carbocycles. The number of benzene rings is 2. The van der Waals surface area contributed by atoms with Crippen LogP contribution in [0.4, 0.5) is 0 Å². The third kappa shape index (κ3) is 5.19. The average molecular weight is 402 g/mol. The molecular formula is C21H27N3O3S. The molecule has 1 fully saturated rings. The first-order valence-corrected chi connectivity index (χ1v) is 11.1. The van der Waals surface area contributed by atoms with Crippen molar-refractivity contribution in [1.29, 1.82) is 0 Å². The van der Waals surface area contributed by atoms with Gasteiger partial charge >= 0.3 is 0 Å². The number of rotatable bonds is 8. The fraction of sp³-hybridized carbons (Fsp3) is 0.381. The Bertz CT molecular complexity index is 866. The molecule has 150 valence electrons. The van der Waals surface area contributed by atoms with Gasteiger partial charge in [0.25, 0.3) is 0 Å². The van der Waals surface area contributed by atoms with Gasteiger partial charge in [-0.05, 0) is 50.6 Å². The van der Waals surface area contributed by atoms with E-state index in [2.05, 4.69) is 27.1 Å². The van der Waals surface area contributed by atoms with Gasteiger partial charge in [0.2, 0.25) is 15.9 Å². The Labute approximate surface area is 167 Å². The van der Waals surface area contributed by atoms with E-state index in [9.17, 15) is 13.2 Å². The summed E-state index contributed by atoms with van der Waals surface area (Å²) in [6.07, 6.45) is 2.31. The summed E-state index contributed by atoms with van der Waals surface area (Å²) in [5, 5.41) is 2.92. The molecule has 6 nitrogen and oxygen atoms in total. The molecule has 3 rings (SSSR count). The van der Waals surface area contributed by atoms with Crippen molar-refractivity contribution >= 4 is 15.9 Å². The quantitative estimate of drug-likeness (QED) is 0.712. The second kappa shape index (κ2) is 9.32. The van der Waals surface area contributed by atoms with E-state index in [0.29, 0.717) is 6.54 Å². The summed E-state index contributed by atoms with van der Waals surface area (Å²) < 4.78 is 27.3. The zero-order valence-corrected chi connectivity index (χ0v) is 16.9. The van der Waals surface area contributed by atoms with E-state index in [4.69, 9.17) is 0 Å². The first kappa shape index (κ1) is 20.5. The topological polar surface area (TPSA) is 78.5 Å². The Balaban J connectivity index is 1.62. The van der Waals surface area contributed by atoms with Gasteiger partial charge in [-0.2, -0.15) is 4.72 Å². The van der Waals surface area contributed by atoms with Crippen LogP contribution in [0.2, 0.25) is 0 Å². The number of carbonyl (C=O) groups excluding carboxylic acids is 1. The van der Waals surface area contributed by atoms with Crippen molar-refractivity contribution < 1.29 is 13.2 Å². The lowest BCUT2D eigenvalue weighted by Crippen LogP contribution is -2.47. The van der Waals surface area contributed by atoms with Crippen LogP contribution in [0.15, 0.2) is 65.6 Å². The minimum Gasteiger partial charge on any atom is -0.353 e. The Morgan fingerprint density at radius 3 is 2.18 bits per heavy atom. The molecule has 1 unspecified atom stereocenters. The highest BCUT2D eigenvalue weighted by Gasteiger charge is 2.26. The first-order valence-electron chi connectivity index (χ1n) is 9.61. The van der Waals surface area contributed by atoms with Gasteiger partial charge in [0, 0.05) is 6.54 Å². The van der Waals surface area contributed by atoms with E-state index in [1.807, 2.05) is 18.2 Å². The van der Waals surface area contributed by atoms with Crippen molar-refractivity contribution in [3.8, 4) is 0 Å². The highest BCUT2D eigenvalue weighted by atomic mass is 32.2. The number of nitrogens with zero attached hydrogens (tertiary/aromatic N) is 1. The molecular weight excluding hydrogens is 374 g/mol. The molecule has 2 N–H and O–H groups in total. The fourth-order valence-electron chi connectivity index (χ4n) is 3.49. The molecule has 7 heteroatoms. The highest BCUT2D eigenvalue weighted by molar-refractivity contribution is 7.89. The largest absolute Gasteiger partial charge is 0.353 e. The van der Waals surface area contributed by atoms with Crippen LogP contribution in [0.3, 0.4) is 0 Å². The van der Waals surface area contributed by atoms with E-state index in [1.54, 1.807) is 25.1 Å². The first-order chi connectivity index (χ1) is 13.5. The molecule has 0 aromatic heterocycles. The second-order valence-corrected chi connectivity index (χ2v) is 8.78. The van der Waals surface area contributed by atoms with Crippen molar-refractivity contribution in [2.24, 2.45) is 0 Å². The molecule has 1 aliphatic rings. The lowest BCUT2D eigenvalue weighted by Gasteiger charge is -2.28. The number of sulfonamides is 1. The van der Waals surface area contributed by atoms with Crippen LogP contribution in [0.5, 0.6) is 0 Å². The molecule has 0 radical (unpaired) electrons. The summed E-state index contributed by atoms with van der Waals surface area (Å²) in [5.74, 6) is -0.334. The number of carbonyl (C=O) groups is 1. The van der Waals surface area contributed by atoms with Gasteiger partial charge in [-0.25, -0.2) is 8.42 Å². The van der Waals surface area contributed by atoms with Crippen LogP contribution in [-0.2, 0) is 14.8 Å². The summed E-state index contributed by atoms with van der Waals surface area (Å²) in [7, 11) is -3.73. The zero-order valence-electron chi connectivity index (χ0n) is 16.0. The van der Waals surface area contributed by atoms with Crippen molar-refractivity contribution in [3.63, 3.8) is 0 Å². The number of nitrogens with one attached hydrogen (secondary N) is 2. The lowest BCUT2D eigenvalue weighted by molar-refractivity contribution is -0.122. The summed E-state index contributed by atoms with van der Waals surface area (Å²) in [6, 6.07) is 17.4. The van der Waals surface area contributed by atoms with Crippen molar-refractivity contribution in [2.75, 3.05) is 19.6 Å². The van der Waals surface area contributed by atoms with E-state index in [-0.39, 0.29) is 16.8 Å². The minimum absolute atomic E-state index is 0.0885. The normalized spacial score (nSPS) is 17.2. The predicted octanol–water partition coefficient (Wildman–Crippen LogP) is 2.31. The van der Waals surface area contributed by atoms with Gasteiger partial charge in [-0.15, -0.1) is 0 Å². The van der Waals surface area contributed by atoms with Gasteiger partial charge < -0.3 is 5.32 Å². The third-order valence-corrected chi connectivity index (χ3v) is 6.57. The Kier molecular flexibility index (Phi) is 6.83. The van der Waals surface area contributed by atoms with Crippen LogP contribution in [-0.4, -0.2) is 44.9 Å². The number of likely N-dealkylation sites (tertiary alicyclic amines) is 1. The van der Waals surface area contributed by atoms with E-state index < -0.39 is 16.1 Å². The van der Waals surface area contributed by atoms with Crippen LogP contribution in [0.25, 0.3) is 0 Å². The average Bonchev–Trinajstić information content (AvgIpc) is 3.23. The number of hydrogen-bond acceptors (Lipinski definition) is 4. The Hall–Kier alpha value is -2.22. The summed E-state index contributed by atoms with van der Waals surface area (Å²) in [6.45, 7) is 4.01.